The fraction of sp³-hybridized carbons (Fsp3) is 0.600. The minimum Gasteiger partial charge on any atom is -0.308 e. The highest BCUT2D eigenvalue weighted by Crippen LogP contribution is 2.29. The van der Waals surface area contributed by atoms with Gasteiger partial charge in [0.2, 0.25) is 0 Å². The fourth-order valence-electron chi connectivity index (χ4n) is 1.90. The van der Waals surface area contributed by atoms with Gasteiger partial charge in [-0.25, -0.2) is 0 Å². The first kappa shape index (κ1) is 17.0. The Balaban J connectivity index is 2.60. The summed E-state index contributed by atoms with van der Waals surface area (Å²) >= 11 is 0. The molecule has 0 amide bonds. The maximum atomic E-state index is 12.7. The summed E-state index contributed by atoms with van der Waals surface area (Å²) in [5, 5.41) is 3.02. The van der Waals surface area contributed by atoms with Gasteiger partial charge in [-0.15, -0.1) is 0 Å². The molecule has 0 aromatic heterocycles. The van der Waals surface area contributed by atoms with Gasteiger partial charge >= 0.3 is 6.18 Å². The SMILES string of the molecule is CC(C)N(C)CCNC(CC(F)(F)F)c1ccccc1. The first-order chi connectivity index (χ1) is 9.29. The molecule has 0 fully saturated rings. The number of rotatable bonds is 7. The zero-order valence-corrected chi connectivity index (χ0v) is 12.2. The van der Waals surface area contributed by atoms with Gasteiger partial charge in [0.15, 0.2) is 0 Å². The van der Waals surface area contributed by atoms with Crippen LogP contribution in [0.5, 0.6) is 0 Å². The third-order valence-electron chi connectivity index (χ3n) is 3.37. The maximum Gasteiger partial charge on any atom is 0.390 e. The molecule has 1 rings (SSSR count). The summed E-state index contributed by atoms with van der Waals surface area (Å²) in [6, 6.07) is 8.50. The number of nitrogens with zero attached hydrogens (tertiary/aromatic N) is 1. The molecule has 0 spiro atoms. The molecule has 20 heavy (non-hydrogen) atoms. The summed E-state index contributed by atoms with van der Waals surface area (Å²) in [6.07, 6.45) is -5.01. The standard InChI is InChI=1S/C15H23F3N2/c1-12(2)20(3)10-9-19-14(11-15(16,17)18)13-7-5-4-6-8-13/h4-8,12,14,19H,9-11H2,1-3H3. The Kier molecular flexibility index (Phi) is 6.49. The Morgan fingerprint density at radius 1 is 1.15 bits per heavy atom. The van der Waals surface area contributed by atoms with Gasteiger partial charge < -0.3 is 10.2 Å². The van der Waals surface area contributed by atoms with E-state index in [0.29, 0.717) is 18.2 Å². The zero-order chi connectivity index (χ0) is 15.2. The van der Waals surface area contributed by atoms with Crippen molar-refractivity contribution in [3.05, 3.63) is 35.9 Å². The van der Waals surface area contributed by atoms with Gasteiger partial charge in [0, 0.05) is 25.2 Å². The molecule has 0 bridgehead atoms. The lowest BCUT2D eigenvalue weighted by Gasteiger charge is -2.25. The maximum absolute atomic E-state index is 12.7. The van der Waals surface area contributed by atoms with E-state index in [1.165, 1.54) is 0 Å². The second-order valence-electron chi connectivity index (χ2n) is 5.31. The van der Waals surface area contributed by atoms with Gasteiger partial charge in [0.1, 0.15) is 0 Å². The van der Waals surface area contributed by atoms with Crippen molar-refractivity contribution in [1.82, 2.24) is 10.2 Å². The molecule has 0 aliphatic heterocycles. The van der Waals surface area contributed by atoms with Crippen LogP contribution in [0.2, 0.25) is 0 Å². The van der Waals surface area contributed by atoms with Crippen LogP contribution in [0, 0.1) is 0 Å². The summed E-state index contributed by atoms with van der Waals surface area (Å²) in [5.74, 6) is 0. The van der Waals surface area contributed by atoms with Crippen molar-refractivity contribution in [3.63, 3.8) is 0 Å². The van der Waals surface area contributed by atoms with Crippen molar-refractivity contribution < 1.29 is 13.2 Å². The second kappa shape index (κ2) is 7.64. The zero-order valence-electron chi connectivity index (χ0n) is 12.2. The quantitative estimate of drug-likeness (QED) is 0.824. The number of hydrogen-bond acceptors (Lipinski definition) is 2. The summed E-state index contributed by atoms with van der Waals surface area (Å²) in [6.45, 7) is 5.37. The normalized spacial score (nSPS) is 14.0. The molecule has 1 aromatic carbocycles. The van der Waals surface area contributed by atoms with Crippen LogP contribution in [-0.2, 0) is 0 Å². The molecule has 0 heterocycles. The van der Waals surface area contributed by atoms with Crippen molar-refractivity contribution in [2.24, 2.45) is 0 Å². The van der Waals surface area contributed by atoms with Crippen molar-refractivity contribution in [1.29, 1.82) is 0 Å². The summed E-state index contributed by atoms with van der Waals surface area (Å²) in [7, 11) is 1.97. The van der Waals surface area contributed by atoms with Gasteiger partial charge in [-0.3, -0.25) is 0 Å². The molecule has 0 aliphatic rings. The molecule has 5 heteroatoms. The van der Waals surface area contributed by atoms with E-state index in [4.69, 9.17) is 0 Å². The Labute approximate surface area is 119 Å². The van der Waals surface area contributed by atoms with Crippen LogP contribution < -0.4 is 5.32 Å². The van der Waals surface area contributed by atoms with Crippen LogP contribution in [0.3, 0.4) is 0 Å². The fourth-order valence-corrected chi connectivity index (χ4v) is 1.90. The highest BCUT2D eigenvalue weighted by Gasteiger charge is 2.32. The Morgan fingerprint density at radius 2 is 1.75 bits per heavy atom. The van der Waals surface area contributed by atoms with Crippen molar-refractivity contribution >= 4 is 0 Å². The molecular formula is C15H23F3N2. The Morgan fingerprint density at radius 3 is 2.25 bits per heavy atom. The van der Waals surface area contributed by atoms with Crippen LogP contribution >= 0.6 is 0 Å². The molecule has 0 radical (unpaired) electrons. The Hall–Kier alpha value is -1.07. The molecular weight excluding hydrogens is 265 g/mol. The molecule has 1 atom stereocenters. The molecule has 0 saturated carbocycles. The number of likely N-dealkylation sites (N-methyl/N-ethyl adjacent to an activating group) is 1. The molecule has 2 nitrogen and oxygen atoms in total. The number of hydrogen-bond donors (Lipinski definition) is 1. The van der Waals surface area contributed by atoms with Crippen molar-refractivity contribution in [2.45, 2.75) is 38.5 Å². The molecule has 0 saturated heterocycles. The van der Waals surface area contributed by atoms with E-state index < -0.39 is 18.6 Å². The van der Waals surface area contributed by atoms with E-state index in [1.807, 2.05) is 7.05 Å². The minimum absolute atomic E-state index is 0.384. The van der Waals surface area contributed by atoms with Crippen LogP contribution in [0.1, 0.15) is 31.9 Å². The highest BCUT2D eigenvalue weighted by atomic mass is 19.4. The molecule has 1 aromatic rings. The topological polar surface area (TPSA) is 15.3 Å². The van der Waals surface area contributed by atoms with Crippen LogP contribution in [0.25, 0.3) is 0 Å². The van der Waals surface area contributed by atoms with E-state index in [0.717, 1.165) is 6.54 Å². The predicted octanol–water partition coefficient (Wildman–Crippen LogP) is 3.61. The van der Waals surface area contributed by atoms with E-state index in [1.54, 1.807) is 30.3 Å². The van der Waals surface area contributed by atoms with Gasteiger partial charge in [-0.1, -0.05) is 30.3 Å². The monoisotopic (exact) mass is 288 g/mol. The van der Waals surface area contributed by atoms with E-state index >= 15 is 0 Å². The van der Waals surface area contributed by atoms with Crippen LogP contribution in [0.15, 0.2) is 30.3 Å². The third-order valence-corrected chi connectivity index (χ3v) is 3.37. The van der Waals surface area contributed by atoms with Gasteiger partial charge in [0.05, 0.1) is 6.42 Å². The number of benzene rings is 1. The molecule has 1 unspecified atom stereocenters. The average molecular weight is 288 g/mol. The average Bonchev–Trinajstić information content (AvgIpc) is 2.37. The molecule has 114 valence electrons. The van der Waals surface area contributed by atoms with E-state index in [2.05, 4.69) is 24.1 Å². The number of alkyl halides is 3. The summed E-state index contributed by atoms with van der Waals surface area (Å²) < 4.78 is 38.0. The van der Waals surface area contributed by atoms with Crippen LogP contribution in [0.4, 0.5) is 13.2 Å². The first-order valence-electron chi connectivity index (χ1n) is 6.85. The van der Waals surface area contributed by atoms with Gasteiger partial charge in [0.25, 0.3) is 0 Å². The smallest absolute Gasteiger partial charge is 0.308 e. The summed E-state index contributed by atoms with van der Waals surface area (Å²) in [5.41, 5.74) is 0.678. The van der Waals surface area contributed by atoms with Gasteiger partial charge in [-0.2, -0.15) is 13.2 Å². The highest BCUT2D eigenvalue weighted by molar-refractivity contribution is 5.19. The van der Waals surface area contributed by atoms with E-state index in [-0.39, 0.29) is 0 Å². The summed E-state index contributed by atoms with van der Waals surface area (Å²) in [4.78, 5) is 2.10. The van der Waals surface area contributed by atoms with Crippen molar-refractivity contribution in [2.75, 3.05) is 20.1 Å². The number of nitrogens with one attached hydrogen (secondary N) is 1. The largest absolute Gasteiger partial charge is 0.390 e. The van der Waals surface area contributed by atoms with E-state index in [9.17, 15) is 13.2 Å². The van der Waals surface area contributed by atoms with Gasteiger partial charge in [-0.05, 0) is 26.5 Å². The molecule has 0 aliphatic carbocycles. The lowest BCUT2D eigenvalue weighted by atomic mass is 10.0. The minimum atomic E-state index is -4.17. The first-order valence-corrected chi connectivity index (χ1v) is 6.85. The lowest BCUT2D eigenvalue weighted by molar-refractivity contribution is -0.140. The lowest BCUT2D eigenvalue weighted by Crippen LogP contribution is -2.36. The number of halogens is 3. The predicted molar refractivity (Wildman–Crippen MR) is 75.6 cm³/mol. The molecule has 1 N–H and O–H groups in total. The Bertz CT molecular complexity index is 376. The van der Waals surface area contributed by atoms with Crippen molar-refractivity contribution in [3.8, 4) is 0 Å². The second-order valence-corrected chi connectivity index (χ2v) is 5.31. The van der Waals surface area contributed by atoms with Crippen LogP contribution in [-0.4, -0.2) is 37.3 Å². The third kappa shape index (κ3) is 6.39.